The lowest BCUT2D eigenvalue weighted by atomic mass is 9.93. The predicted molar refractivity (Wildman–Crippen MR) is 68.3 cm³/mol. The topological polar surface area (TPSA) is 15.3 Å². The van der Waals surface area contributed by atoms with Gasteiger partial charge in [-0.2, -0.15) is 0 Å². The van der Waals surface area contributed by atoms with E-state index in [1.807, 2.05) is 25.2 Å². The van der Waals surface area contributed by atoms with Gasteiger partial charge in [-0.3, -0.25) is 4.90 Å². The summed E-state index contributed by atoms with van der Waals surface area (Å²) in [6.07, 6.45) is 0.731. The van der Waals surface area contributed by atoms with E-state index in [-0.39, 0.29) is 12.0 Å². The van der Waals surface area contributed by atoms with Crippen molar-refractivity contribution < 1.29 is 4.11 Å². The molecule has 2 nitrogen and oxygen atoms in total. The van der Waals surface area contributed by atoms with E-state index in [1.54, 1.807) is 0 Å². The molecule has 0 spiro atoms. The van der Waals surface area contributed by atoms with E-state index in [2.05, 4.69) is 22.3 Å². The van der Waals surface area contributed by atoms with E-state index in [0.29, 0.717) is 0 Å². The van der Waals surface area contributed by atoms with Crippen LogP contribution in [0.3, 0.4) is 0 Å². The zero-order chi connectivity index (χ0) is 13.9. The number of likely N-dealkylation sites (N-methyl/N-ethyl adjacent to an activating group) is 1. The van der Waals surface area contributed by atoms with Crippen LogP contribution in [0.5, 0.6) is 0 Å². The molecule has 1 aromatic carbocycles. The number of likely N-dealkylation sites (tertiary alicyclic amines) is 1. The fourth-order valence-corrected chi connectivity index (χ4v) is 2.30. The van der Waals surface area contributed by atoms with Gasteiger partial charge < -0.3 is 5.32 Å². The molecule has 0 bridgehead atoms. The van der Waals surface area contributed by atoms with Crippen LogP contribution >= 0.6 is 0 Å². The molecule has 1 aliphatic rings. The monoisotopic (exact) mass is 221 g/mol. The van der Waals surface area contributed by atoms with Crippen molar-refractivity contribution in [2.24, 2.45) is 5.92 Å². The average Bonchev–Trinajstić information content (AvgIpc) is 2.38. The maximum atomic E-state index is 7.62. The predicted octanol–water partition coefficient (Wildman–Crippen LogP) is 2.12. The molecule has 0 aromatic heterocycles. The Morgan fingerprint density at radius 3 is 2.94 bits per heavy atom. The molecule has 1 heterocycles. The molecule has 1 N–H and O–H groups in total. The SMILES string of the molecule is [2H]C([2H])([2H])C1CCN(Cc2ccccc2)CC1NC. The number of piperidine rings is 1. The third-order valence-electron chi connectivity index (χ3n) is 3.32. The smallest absolute Gasteiger partial charge is 0.0234 e. The second kappa shape index (κ2) is 5.46. The van der Waals surface area contributed by atoms with Crippen molar-refractivity contribution in [3.8, 4) is 0 Å². The maximum absolute atomic E-state index is 7.62. The van der Waals surface area contributed by atoms with Gasteiger partial charge in [0.1, 0.15) is 0 Å². The summed E-state index contributed by atoms with van der Waals surface area (Å²) in [5.41, 5.74) is 1.28. The number of hydrogen-bond acceptors (Lipinski definition) is 2. The third-order valence-corrected chi connectivity index (χ3v) is 3.32. The van der Waals surface area contributed by atoms with Crippen LogP contribution in [0, 0.1) is 5.92 Å². The second-order valence-electron chi connectivity index (χ2n) is 4.51. The summed E-state index contributed by atoms with van der Waals surface area (Å²) < 4.78 is 22.9. The first-order valence-corrected chi connectivity index (χ1v) is 5.94. The molecule has 2 unspecified atom stereocenters. The first-order valence-electron chi connectivity index (χ1n) is 7.44. The van der Waals surface area contributed by atoms with Crippen LogP contribution in [0.1, 0.15) is 22.9 Å². The van der Waals surface area contributed by atoms with Gasteiger partial charge in [-0.05, 0) is 31.5 Å². The summed E-state index contributed by atoms with van der Waals surface area (Å²) >= 11 is 0. The van der Waals surface area contributed by atoms with E-state index >= 15 is 0 Å². The molecule has 2 heteroatoms. The van der Waals surface area contributed by atoms with E-state index < -0.39 is 6.85 Å². The van der Waals surface area contributed by atoms with Gasteiger partial charge in [-0.15, -0.1) is 0 Å². The molecule has 1 saturated heterocycles. The standard InChI is InChI=1S/C14H22N2/c1-12-8-9-16(11-14(12)15-2)10-13-6-4-3-5-7-13/h3-7,12,14-15H,8-11H2,1-2H3/i1D3. The zero-order valence-electron chi connectivity index (χ0n) is 12.8. The summed E-state index contributed by atoms with van der Waals surface area (Å²) in [5, 5.41) is 3.17. The van der Waals surface area contributed by atoms with Crippen LogP contribution in [0.25, 0.3) is 0 Å². The molecule has 0 saturated carbocycles. The van der Waals surface area contributed by atoms with Crippen molar-refractivity contribution in [2.75, 3.05) is 20.1 Å². The Morgan fingerprint density at radius 2 is 2.25 bits per heavy atom. The van der Waals surface area contributed by atoms with Gasteiger partial charge in [0.25, 0.3) is 0 Å². The molecule has 0 aliphatic carbocycles. The normalized spacial score (nSPS) is 30.4. The quantitative estimate of drug-likeness (QED) is 0.841. The Hall–Kier alpha value is -0.860. The molecular formula is C14H22N2. The van der Waals surface area contributed by atoms with Gasteiger partial charge in [-0.25, -0.2) is 0 Å². The lowest BCUT2D eigenvalue weighted by Crippen LogP contribution is -2.48. The van der Waals surface area contributed by atoms with Crippen LogP contribution in [-0.2, 0) is 6.54 Å². The Balaban J connectivity index is 1.97. The molecule has 2 rings (SSSR count). The second-order valence-corrected chi connectivity index (χ2v) is 4.51. The molecule has 1 aromatic rings. The first-order chi connectivity index (χ1) is 9.00. The van der Waals surface area contributed by atoms with E-state index in [4.69, 9.17) is 4.11 Å². The zero-order valence-corrected chi connectivity index (χ0v) is 9.82. The summed E-state index contributed by atoms with van der Waals surface area (Å²) in [7, 11) is 1.86. The number of hydrogen-bond donors (Lipinski definition) is 1. The Labute approximate surface area is 103 Å². The highest BCUT2D eigenvalue weighted by atomic mass is 15.2. The van der Waals surface area contributed by atoms with Gasteiger partial charge in [0.05, 0.1) is 0 Å². The highest BCUT2D eigenvalue weighted by Crippen LogP contribution is 2.18. The van der Waals surface area contributed by atoms with Crippen molar-refractivity contribution in [1.29, 1.82) is 0 Å². The fraction of sp³-hybridized carbons (Fsp3) is 0.571. The minimum absolute atomic E-state index is 0.0463. The summed E-state index contributed by atoms with van der Waals surface area (Å²) in [6, 6.07) is 10.4. The van der Waals surface area contributed by atoms with Crippen molar-refractivity contribution in [3.05, 3.63) is 35.9 Å². The van der Waals surface area contributed by atoms with Crippen LogP contribution in [0.2, 0.25) is 0 Å². The van der Waals surface area contributed by atoms with Crippen LogP contribution in [0.4, 0.5) is 0 Å². The number of nitrogens with zero attached hydrogens (tertiary/aromatic N) is 1. The lowest BCUT2D eigenvalue weighted by molar-refractivity contribution is 0.147. The minimum atomic E-state index is -1.85. The van der Waals surface area contributed by atoms with Gasteiger partial charge in [-0.1, -0.05) is 37.2 Å². The average molecular weight is 221 g/mol. The van der Waals surface area contributed by atoms with Crippen molar-refractivity contribution in [1.82, 2.24) is 10.2 Å². The highest BCUT2D eigenvalue weighted by Gasteiger charge is 2.24. The highest BCUT2D eigenvalue weighted by molar-refractivity contribution is 5.14. The van der Waals surface area contributed by atoms with Crippen LogP contribution in [-0.4, -0.2) is 31.1 Å². The Bertz CT molecular complexity index is 391. The third kappa shape index (κ3) is 2.83. The van der Waals surface area contributed by atoms with Gasteiger partial charge >= 0.3 is 0 Å². The molecule has 0 radical (unpaired) electrons. The minimum Gasteiger partial charge on any atom is -0.315 e. The molecule has 0 amide bonds. The van der Waals surface area contributed by atoms with Crippen molar-refractivity contribution in [3.63, 3.8) is 0 Å². The van der Waals surface area contributed by atoms with Crippen molar-refractivity contribution in [2.45, 2.75) is 25.9 Å². The van der Waals surface area contributed by atoms with Gasteiger partial charge in [0.2, 0.25) is 0 Å². The lowest BCUT2D eigenvalue weighted by Gasteiger charge is -2.37. The molecule has 1 aliphatic heterocycles. The van der Waals surface area contributed by atoms with E-state index in [1.165, 1.54) is 5.56 Å². The van der Waals surface area contributed by atoms with Crippen LogP contribution < -0.4 is 5.32 Å². The molecule has 16 heavy (non-hydrogen) atoms. The van der Waals surface area contributed by atoms with Gasteiger partial charge in [0.15, 0.2) is 0 Å². The number of rotatable bonds is 3. The molecule has 2 atom stereocenters. The van der Waals surface area contributed by atoms with E-state index in [0.717, 1.165) is 26.1 Å². The molecule has 88 valence electrons. The largest absolute Gasteiger partial charge is 0.315 e. The summed E-state index contributed by atoms with van der Waals surface area (Å²) in [4.78, 5) is 2.33. The fourth-order valence-electron chi connectivity index (χ4n) is 2.30. The first kappa shape index (κ1) is 8.26. The number of nitrogens with one attached hydrogen (secondary N) is 1. The van der Waals surface area contributed by atoms with Crippen LogP contribution in [0.15, 0.2) is 30.3 Å². The summed E-state index contributed by atoms with van der Waals surface area (Å²) in [5.74, 6) is -0.232. The number of benzene rings is 1. The molecule has 1 fully saturated rings. The van der Waals surface area contributed by atoms with Gasteiger partial charge in [0, 0.05) is 23.2 Å². The van der Waals surface area contributed by atoms with Crippen molar-refractivity contribution >= 4 is 0 Å². The maximum Gasteiger partial charge on any atom is 0.0234 e. The van der Waals surface area contributed by atoms with E-state index in [9.17, 15) is 0 Å². The Morgan fingerprint density at radius 1 is 1.44 bits per heavy atom. The molecular weight excluding hydrogens is 196 g/mol. The Kier molecular flexibility index (Phi) is 2.82. The summed E-state index contributed by atoms with van der Waals surface area (Å²) in [6.45, 7) is 0.698.